The van der Waals surface area contributed by atoms with Gasteiger partial charge >= 0.3 is 6.09 Å². The van der Waals surface area contributed by atoms with Crippen LogP contribution < -0.4 is 16.0 Å². The number of carbonyl (C=O) groups is 3. The van der Waals surface area contributed by atoms with Crippen LogP contribution in [0.15, 0.2) is 29.3 Å². The van der Waals surface area contributed by atoms with Crippen molar-refractivity contribution in [3.63, 3.8) is 0 Å². The van der Waals surface area contributed by atoms with E-state index in [9.17, 15) is 14.4 Å². The molecule has 10 heteroatoms. The highest BCUT2D eigenvalue weighted by molar-refractivity contribution is 6.13. The summed E-state index contributed by atoms with van der Waals surface area (Å²) >= 11 is 0. The molecule has 162 valence electrons. The molecule has 2 aliphatic rings. The quantitative estimate of drug-likeness (QED) is 0.735. The first kappa shape index (κ1) is 21.6. The Kier molecular flexibility index (Phi) is 6.25. The molecule has 2 heterocycles. The summed E-state index contributed by atoms with van der Waals surface area (Å²) in [7, 11) is 0. The van der Waals surface area contributed by atoms with Gasteiger partial charge < -0.3 is 20.1 Å². The van der Waals surface area contributed by atoms with Gasteiger partial charge in [0.05, 0.1) is 18.9 Å². The van der Waals surface area contributed by atoms with E-state index in [4.69, 9.17) is 15.2 Å². The minimum absolute atomic E-state index is 0.339. The fourth-order valence-corrected chi connectivity index (χ4v) is 3.27. The Hall–Kier alpha value is -3.14. The van der Waals surface area contributed by atoms with E-state index in [1.54, 1.807) is 32.9 Å². The van der Waals surface area contributed by atoms with Gasteiger partial charge in [-0.1, -0.05) is 12.1 Å². The zero-order valence-electron chi connectivity index (χ0n) is 17.4. The number of primary amides is 1. The molecule has 0 radical (unpaired) electrons. The van der Waals surface area contributed by atoms with Crippen molar-refractivity contribution in [3.05, 3.63) is 29.8 Å². The number of ether oxygens (including phenoxy) is 2. The summed E-state index contributed by atoms with van der Waals surface area (Å²) in [4.78, 5) is 45.1. The molecule has 1 aromatic rings. The molecule has 2 aliphatic heterocycles. The number of morpholine rings is 1. The third-order valence-corrected chi connectivity index (χ3v) is 4.47. The number of anilines is 1. The van der Waals surface area contributed by atoms with Crippen molar-refractivity contribution in [1.82, 2.24) is 10.2 Å². The summed E-state index contributed by atoms with van der Waals surface area (Å²) in [6.45, 7) is 7.02. The molecule has 30 heavy (non-hydrogen) atoms. The average molecular weight is 417 g/mol. The number of benzodiazepines with no additional fused rings is 1. The Morgan fingerprint density at radius 3 is 2.57 bits per heavy atom. The zero-order chi connectivity index (χ0) is 21.9. The van der Waals surface area contributed by atoms with Gasteiger partial charge in [0.1, 0.15) is 18.0 Å². The Morgan fingerprint density at radius 1 is 1.27 bits per heavy atom. The van der Waals surface area contributed by atoms with Crippen molar-refractivity contribution in [3.8, 4) is 0 Å². The summed E-state index contributed by atoms with van der Waals surface area (Å²) in [6, 6.07) is 7.13. The van der Waals surface area contributed by atoms with Crippen molar-refractivity contribution < 1.29 is 23.9 Å². The second-order valence-corrected chi connectivity index (χ2v) is 8.01. The number of carbonyl (C=O) groups excluding carboxylic acids is 3. The number of aliphatic imine (C=N–C) groups is 1. The van der Waals surface area contributed by atoms with Crippen LogP contribution in [0.5, 0.6) is 0 Å². The first-order valence-electron chi connectivity index (χ1n) is 9.75. The minimum atomic E-state index is -1.27. The largest absolute Gasteiger partial charge is 0.444 e. The average Bonchev–Trinajstić information content (AvgIpc) is 2.78. The lowest BCUT2D eigenvalue weighted by Gasteiger charge is -2.30. The first-order valence-corrected chi connectivity index (χ1v) is 9.75. The van der Waals surface area contributed by atoms with E-state index in [2.05, 4.69) is 10.3 Å². The highest BCUT2D eigenvalue weighted by atomic mass is 16.6. The molecule has 0 spiro atoms. The Bertz CT molecular complexity index is 857. The number of benzene rings is 1. The highest BCUT2D eigenvalue weighted by Gasteiger charge is 2.35. The molecule has 3 N–H and O–H groups in total. The van der Waals surface area contributed by atoms with E-state index in [1.807, 2.05) is 17.0 Å². The number of hydrogen-bond donors (Lipinski definition) is 2. The van der Waals surface area contributed by atoms with Gasteiger partial charge in [0.2, 0.25) is 12.1 Å². The van der Waals surface area contributed by atoms with E-state index >= 15 is 0 Å². The van der Waals surface area contributed by atoms with Crippen LogP contribution in [0.1, 0.15) is 26.3 Å². The molecule has 3 rings (SSSR count). The van der Waals surface area contributed by atoms with Crippen LogP contribution in [-0.4, -0.2) is 73.3 Å². The van der Waals surface area contributed by atoms with Crippen molar-refractivity contribution in [1.29, 1.82) is 0 Å². The maximum atomic E-state index is 13.3. The molecular formula is C20H27N5O5. The van der Waals surface area contributed by atoms with Gasteiger partial charge in [-0.05, 0) is 32.9 Å². The molecule has 1 saturated heterocycles. The number of alkyl carbamates (subject to hydrolysis) is 1. The SMILES string of the molecule is CC(C)(C)OC(=O)NC1N=C(N2CCOCC2)c2ccccc2N(CC(N)=O)C1=O. The summed E-state index contributed by atoms with van der Waals surface area (Å²) < 4.78 is 10.7. The molecular weight excluding hydrogens is 390 g/mol. The van der Waals surface area contributed by atoms with Crippen molar-refractivity contribution in [2.75, 3.05) is 37.7 Å². The number of nitrogens with two attached hydrogens (primary N) is 1. The maximum Gasteiger partial charge on any atom is 0.409 e. The number of nitrogens with zero attached hydrogens (tertiary/aromatic N) is 3. The van der Waals surface area contributed by atoms with Crippen LogP contribution in [0, 0.1) is 0 Å². The molecule has 1 atom stereocenters. The zero-order valence-corrected chi connectivity index (χ0v) is 17.4. The number of amides is 3. The summed E-state index contributed by atoms with van der Waals surface area (Å²) in [5.74, 6) is -0.713. The first-order chi connectivity index (χ1) is 14.2. The van der Waals surface area contributed by atoms with Gasteiger partial charge in [-0.2, -0.15) is 0 Å². The summed E-state index contributed by atoms with van der Waals surface area (Å²) in [5, 5.41) is 2.52. The predicted molar refractivity (Wildman–Crippen MR) is 110 cm³/mol. The van der Waals surface area contributed by atoms with E-state index < -0.39 is 29.7 Å². The van der Waals surface area contributed by atoms with E-state index in [1.165, 1.54) is 4.90 Å². The van der Waals surface area contributed by atoms with Crippen LogP contribution in [0.25, 0.3) is 0 Å². The van der Waals surface area contributed by atoms with E-state index in [0.717, 1.165) is 0 Å². The monoisotopic (exact) mass is 417 g/mol. The lowest BCUT2D eigenvalue weighted by atomic mass is 10.1. The van der Waals surface area contributed by atoms with Crippen molar-refractivity contribution >= 4 is 29.4 Å². The lowest BCUT2D eigenvalue weighted by Crippen LogP contribution is -2.50. The normalized spacial score (nSPS) is 19.5. The smallest absolute Gasteiger partial charge is 0.409 e. The van der Waals surface area contributed by atoms with Gasteiger partial charge in [0.15, 0.2) is 0 Å². The van der Waals surface area contributed by atoms with Crippen LogP contribution >= 0.6 is 0 Å². The number of amidine groups is 1. The fourth-order valence-electron chi connectivity index (χ4n) is 3.27. The fraction of sp³-hybridized carbons (Fsp3) is 0.500. The molecule has 1 fully saturated rings. The highest BCUT2D eigenvalue weighted by Crippen LogP contribution is 2.27. The van der Waals surface area contributed by atoms with E-state index in [0.29, 0.717) is 43.4 Å². The van der Waals surface area contributed by atoms with Gasteiger partial charge in [-0.3, -0.25) is 19.8 Å². The third kappa shape index (κ3) is 5.07. The van der Waals surface area contributed by atoms with Gasteiger partial charge in [-0.15, -0.1) is 0 Å². The molecule has 10 nitrogen and oxygen atoms in total. The lowest BCUT2D eigenvalue weighted by molar-refractivity contribution is -0.123. The van der Waals surface area contributed by atoms with Crippen LogP contribution in [0.3, 0.4) is 0 Å². The predicted octanol–water partition coefficient (Wildman–Crippen LogP) is 0.448. The molecule has 0 saturated carbocycles. The minimum Gasteiger partial charge on any atom is -0.444 e. The molecule has 0 aliphatic carbocycles. The molecule has 0 bridgehead atoms. The number of nitrogens with one attached hydrogen (secondary N) is 1. The molecule has 3 amide bonds. The van der Waals surface area contributed by atoms with Gasteiger partial charge in [0, 0.05) is 18.7 Å². The topological polar surface area (TPSA) is 127 Å². The molecule has 1 unspecified atom stereocenters. The van der Waals surface area contributed by atoms with Crippen LogP contribution in [0.2, 0.25) is 0 Å². The van der Waals surface area contributed by atoms with Gasteiger partial charge in [-0.25, -0.2) is 9.79 Å². The van der Waals surface area contributed by atoms with Crippen molar-refractivity contribution in [2.24, 2.45) is 10.7 Å². The number of hydrogen-bond acceptors (Lipinski definition) is 7. The second-order valence-electron chi connectivity index (χ2n) is 8.01. The van der Waals surface area contributed by atoms with Crippen molar-refractivity contribution in [2.45, 2.75) is 32.5 Å². The summed E-state index contributed by atoms with van der Waals surface area (Å²) in [6.07, 6.45) is -2.06. The standard InChI is InChI=1S/C20H27N5O5/c1-20(2,3)30-19(28)23-16-18(27)25(12-15(21)26)14-7-5-4-6-13(14)17(22-16)24-8-10-29-11-9-24/h4-7,16H,8-12H2,1-3H3,(H2,21,26)(H,23,28). The number of fused-ring (bicyclic) bond motifs is 1. The second kappa shape index (κ2) is 8.70. The maximum absolute atomic E-state index is 13.3. The van der Waals surface area contributed by atoms with Gasteiger partial charge in [0.25, 0.3) is 5.91 Å². The Morgan fingerprint density at radius 2 is 1.93 bits per heavy atom. The number of rotatable bonds is 3. The molecule has 0 aromatic heterocycles. The molecule has 1 aromatic carbocycles. The van der Waals surface area contributed by atoms with E-state index in [-0.39, 0.29) is 6.54 Å². The Balaban J connectivity index is 2.03. The number of para-hydroxylation sites is 1. The van der Waals surface area contributed by atoms with Crippen LogP contribution in [-0.2, 0) is 19.1 Å². The van der Waals surface area contributed by atoms with Crippen LogP contribution in [0.4, 0.5) is 10.5 Å². The third-order valence-electron chi connectivity index (χ3n) is 4.47. The summed E-state index contributed by atoms with van der Waals surface area (Å²) in [5.41, 5.74) is 5.82. The Labute approximate surface area is 175 Å².